The maximum Gasteiger partial charge on any atom is 0.226 e. The Hall–Kier alpha value is -0.770. The number of carbonyl (C=O) groups excluding carboxylic acids is 2. The highest BCUT2D eigenvalue weighted by Gasteiger charge is 2.65. The van der Waals surface area contributed by atoms with Crippen molar-refractivity contribution in [1.29, 1.82) is 0 Å². The van der Waals surface area contributed by atoms with Gasteiger partial charge in [0, 0.05) is 15.4 Å². The molecule has 1 fully saturated rings. The number of rotatable bonds is 4. The van der Waals surface area contributed by atoms with Crippen LogP contribution in [0.25, 0.3) is 0 Å². The van der Waals surface area contributed by atoms with Crippen molar-refractivity contribution >= 4 is 21.7 Å². The molecule has 6 unspecified atom stereocenters. The summed E-state index contributed by atoms with van der Waals surface area (Å²) in [6, 6.07) is 0. The van der Waals surface area contributed by atoms with E-state index in [1.165, 1.54) is 0 Å². The Bertz CT molecular complexity index is 441. The minimum Gasteiger partial charge on any atom is -0.389 e. The van der Waals surface area contributed by atoms with E-state index in [1.54, 1.807) is 13.8 Å². The third-order valence-corrected chi connectivity index (χ3v) is 5.45. The van der Waals surface area contributed by atoms with Crippen LogP contribution in [0.2, 0.25) is 0 Å². The predicted octanol–water partition coefficient (Wildman–Crippen LogP) is 0.973. The van der Waals surface area contributed by atoms with Crippen molar-refractivity contribution in [3.8, 4) is 0 Å². The van der Waals surface area contributed by atoms with Gasteiger partial charge in [-0.3, -0.25) is 4.79 Å². The van der Waals surface area contributed by atoms with Gasteiger partial charge in [-0.2, -0.15) is 0 Å². The molecule has 1 heterocycles. The smallest absolute Gasteiger partial charge is 0.226 e. The van der Waals surface area contributed by atoms with Gasteiger partial charge in [-0.1, -0.05) is 19.1 Å². The second-order valence-electron chi connectivity index (χ2n) is 5.89. The van der Waals surface area contributed by atoms with Crippen LogP contribution in [0.5, 0.6) is 0 Å². The Balaban J connectivity index is 2.42. The van der Waals surface area contributed by atoms with Crippen LogP contribution in [-0.4, -0.2) is 34.5 Å². The molecule has 112 valence electrons. The molecule has 0 aromatic rings. The molecular formula is C14H22NO4P. The van der Waals surface area contributed by atoms with Crippen LogP contribution in [0, 0.1) is 11.8 Å². The van der Waals surface area contributed by atoms with Gasteiger partial charge in [0.15, 0.2) is 11.8 Å². The number of carbonyl (C=O) groups is 2. The fourth-order valence-corrected chi connectivity index (χ4v) is 3.67. The van der Waals surface area contributed by atoms with Crippen molar-refractivity contribution in [2.75, 3.05) is 0 Å². The lowest BCUT2D eigenvalue weighted by molar-refractivity contribution is -0.132. The van der Waals surface area contributed by atoms with Crippen LogP contribution in [0.15, 0.2) is 12.2 Å². The minimum atomic E-state index is -1.42. The Morgan fingerprint density at radius 1 is 1.65 bits per heavy atom. The summed E-state index contributed by atoms with van der Waals surface area (Å²) in [7, 11) is 2.12. The van der Waals surface area contributed by atoms with E-state index in [4.69, 9.17) is 4.52 Å². The largest absolute Gasteiger partial charge is 0.389 e. The summed E-state index contributed by atoms with van der Waals surface area (Å²) in [5, 5.41) is 13.4. The average Bonchev–Trinajstić information content (AvgIpc) is 2.69. The molecule has 0 spiro atoms. The molecule has 0 radical (unpaired) electrons. The van der Waals surface area contributed by atoms with Crippen molar-refractivity contribution in [3.05, 3.63) is 12.2 Å². The van der Waals surface area contributed by atoms with Crippen molar-refractivity contribution in [3.63, 3.8) is 0 Å². The number of aliphatic hydroxyl groups excluding tert-OH is 1. The van der Waals surface area contributed by atoms with Gasteiger partial charge >= 0.3 is 0 Å². The lowest BCUT2D eigenvalue weighted by Gasteiger charge is -2.44. The first-order valence-corrected chi connectivity index (χ1v) is 7.41. The topological polar surface area (TPSA) is 75.6 Å². The summed E-state index contributed by atoms with van der Waals surface area (Å²) in [5.41, 5.74) is -2.52. The van der Waals surface area contributed by atoms with E-state index in [0.717, 1.165) is 19.3 Å². The summed E-state index contributed by atoms with van der Waals surface area (Å²) in [5.74, 6) is -0.952. The first kappa shape index (κ1) is 15.6. The van der Waals surface area contributed by atoms with Crippen molar-refractivity contribution in [1.82, 2.24) is 5.32 Å². The Labute approximate surface area is 121 Å². The van der Waals surface area contributed by atoms with E-state index in [0.29, 0.717) is 6.29 Å². The minimum absolute atomic E-state index is 0.154. The molecule has 6 heteroatoms. The van der Waals surface area contributed by atoms with Crippen LogP contribution in [0.3, 0.4) is 0 Å². The summed E-state index contributed by atoms with van der Waals surface area (Å²) >= 11 is 0. The van der Waals surface area contributed by atoms with E-state index in [-0.39, 0.29) is 11.8 Å². The van der Waals surface area contributed by atoms with Gasteiger partial charge in [0.25, 0.3) is 0 Å². The molecule has 1 amide bonds. The molecule has 0 saturated carbocycles. The zero-order valence-corrected chi connectivity index (χ0v) is 13.0. The predicted molar refractivity (Wildman–Crippen MR) is 77.8 cm³/mol. The number of hydrogen-bond acceptors (Lipinski definition) is 4. The van der Waals surface area contributed by atoms with Crippen LogP contribution < -0.4 is 5.32 Å². The highest BCUT2D eigenvalue weighted by Crippen LogP contribution is 2.44. The maximum absolute atomic E-state index is 12.0. The third-order valence-electron chi connectivity index (χ3n) is 4.97. The van der Waals surface area contributed by atoms with Crippen molar-refractivity contribution in [2.45, 2.75) is 50.4 Å². The zero-order valence-electron chi connectivity index (χ0n) is 11.8. The standard InChI is InChI=1S/C14H22NO4P/c1-9-12(18)15-14(8-16,13(9,2)19-20)11(17)10-6-4-3-5-7-10/h4,6,8-11,17H,3,5,7,20H2,1-2H3,(H,15,18). The monoisotopic (exact) mass is 299 g/mol. The molecule has 0 aromatic carbocycles. The zero-order chi connectivity index (χ0) is 15.0. The van der Waals surface area contributed by atoms with Crippen molar-refractivity contribution < 1.29 is 19.2 Å². The lowest BCUT2D eigenvalue weighted by Crippen LogP contribution is -2.67. The fraction of sp³-hybridized carbons (Fsp3) is 0.714. The molecule has 0 bridgehead atoms. The Kier molecular flexibility index (Phi) is 4.33. The number of amides is 1. The van der Waals surface area contributed by atoms with Gasteiger partial charge in [0.1, 0.15) is 5.60 Å². The highest BCUT2D eigenvalue weighted by molar-refractivity contribution is 7.09. The molecule has 1 aliphatic carbocycles. The fourth-order valence-electron chi connectivity index (χ4n) is 3.27. The molecular weight excluding hydrogens is 277 g/mol. The lowest BCUT2D eigenvalue weighted by atomic mass is 9.70. The number of aldehydes is 1. The highest BCUT2D eigenvalue weighted by atomic mass is 31.0. The van der Waals surface area contributed by atoms with E-state index in [1.807, 2.05) is 12.2 Å². The molecule has 20 heavy (non-hydrogen) atoms. The molecule has 6 atom stereocenters. The second kappa shape index (κ2) is 5.55. The molecule has 1 aliphatic heterocycles. The molecule has 2 N–H and O–H groups in total. The summed E-state index contributed by atoms with van der Waals surface area (Å²) in [6.45, 7) is 3.39. The van der Waals surface area contributed by atoms with E-state index in [2.05, 4.69) is 14.8 Å². The van der Waals surface area contributed by atoms with Gasteiger partial charge in [-0.15, -0.1) is 0 Å². The van der Waals surface area contributed by atoms with E-state index in [9.17, 15) is 14.7 Å². The van der Waals surface area contributed by atoms with Gasteiger partial charge in [-0.05, 0) is 26.2 Å². The number of nitrogens with one attached hydrogen (secondary N) is 1. The first-order chi connectivity index (χ1) is 9.43. The Morgan fingerprint density at radius 3 is 2.85 bits per heavy atom. The van der Waals surface area contributed by atoms with Gasteiger partial charge in [0.05, 0.1) is 12.0 Å². The van der Waals surface area contributed by atoms with Crippen LogP contribution >= 0.6 is 9.47 Å². The average molecular weight is 299 g/mol. The van der Waals surface area contributed by atoms with Crippen LogP contribution in [0.1, 0.15) is 33.1 Å². The van der Waals surface area contributed by atoms with Gasteiger partial charge in [-0.25, -0.2) is 0 Å². The first-order valence-electron chi connectivity index (χ1n) is 6.94. The Morgan fingerprint density at radius 2 is 2.35 bits per heavy atom. The van der Waals surface area contributed by atoms with Gasteiger partial charge in [0.2, 0.25) is 5.91 Å². The molecule has 2 aliphatic rings. The van der Waals surface area contributed by atoms with Crippen molar-refractivity contribution in [2.24, 2.45) is 11.8 Å². The maximum atomic E-state index is 12.0. The molecule has 5 nitrogen and oxygen atoms in total. The number of hydrogen-bond donors (Lipinski definition) is 2. The van der Waals surface area contributed by atoms with Crippen LogP contribution in [0.4, 0.5) is 0 Å². The number of allylic oxidation sites excluding steroid dienone is 1. The third kappa shape index (κ3) is 2.03. The molecule has 0 aromatic heterocycles. The molecule has 2 rings (SSSR count). The number of aliphatic hydroxyl groups is 1. The second-order valence-corrected chi connectivity index (χ2v) is 6.13. The van der Waals surface area contributed by atoms with E-state index >= 15 is 0 Å². The van der Waals surface area contributed by atoms with Crippen LogP contribution in [-0.2, 0) is 14.1 Å². The summed E-state index contributed by atoms with van der Waals surface area (Å²) < 4.78 is 5.42. The normalized spacial score (nSPS) is 42.3. The summed E-state index contributed by atoms with van der Waals surface area (Å²) in [4.78, 5) is 23.8. The molecule has 1 saturated heterocycles. The van der Waals surface area contributed by atoms with E-state index < -0.39 is 23.2 Å². The van der Waals surface area contributed by atoms with Gasteiger partial charge < -0.3 is 19.7 Å². The SMILES string of the molecule is CC1C(=O)NC(C=O)(C(O)C2C=CCCC2)C1(C)OP. The summed E-state index contributed by atoms with van der Waals surface area (Å²) in [6.07, 6.45) is 6.31. The quantitative estimate of drug-likeness (QED) is 0.461.